The minimum Gasteiger partial charge on any atom is -0.352 e. The number of pyridine rings is 1. The molecule has 1 aliphatic rings. The van der Waals surface area contributed by atoms with Gasteiger partial charge in [-0.15, -0.1) is 0 Å². The summed E-state index contributed by atoms with van der Waals surface area (Å²) in [5.41, 5.74) is 1.00. The molecule has 5 nitrogen and oxygen atoms in total. The molecule has 5 heteroatoms. The number of benzene rings is 1. The molecule has 1 amide bonds. The Labute approximate surface area is 167 Å². The van der Waals surface area contributed by atoms with Crippen molar-refractivity contribution in [3.05, 3.63) is 70.1 Å². The molecule has 2 heterocycles. The summed E-state index contributed by atoms with van der Waals surface area (Å²) < 4.78 is 1.59. The predicted molar refractivity (Wildman–Crippen MR) is 113 cm³/mol. The molecule has 1 atom stereocenters. The Bertz CT molecular complexity index is 816. The van der Waals surface area contributed by atoms with Gasteiger partial charge in [0.05, 0.1) is 6.54 Å². The zero-order chi connectivity index (χ0) is 19.8. The van der Waals surface area contributed by atoms with Crippen molar-refractivity contribution in [3.63, 3.8) is 0 Å². The van der Waals surface area contributed by atoms with Gasteiger partial charge in [0.15, 0.2) is 0 Å². The second-order valence-corrected chi connectivity index (χ2v) is 7.85. The molecule has 0 saturated carbocycles. The maximum Gasteiger partial charge on any atom is 0.263 e. The summed E-state index contributed by atoms with van der Waals surface area (Å²) in [5, 5.41) is 2.91. The monoisotopic (exact) mass is 381 g/mol. The number of hydrogen-bond acceptors (Lipinski definition) is 3. The van der Waals surface area contributed by atoms with E-state index >= 15 is 0 Å². The molecule has 2 aromatic rings. The number of carbonyl (C=O) groups is 1. The highest BCUT2D eigenvalue weighted by Gasteiger charge is 2.15. The van der Waals surface area contributed by atoms with E-state index in [-0.39, 0.29) is 17.0 Å². The van der Waals surface area contributed by atoms with Crippen molar-refractivity contribution >= 4 is 5.91 Å². The van der Waals surface area contributed by atoms with Crippen molar-refractivity contribution in [2.24, 2.45) is 5.92 Å². The molecule has 150 valence electrons. The maximum absolute atomic E-state index is 12.6. The van der Waals surface area contributed by atoms with E-state index in [1.807, 2.05) is 30.3 Å². The molecular weight excluding hydrogens is 350 g/mol. The average molecular weight is 382 g/mol. The van der Waals surface area contributed by atoms with Crippen LogP contribution in [0.15, 0.2) is 53.5 Å². The first kappa shape index (κ1) is 20.3. The average Bonchev–Trinajstić information content (AvgIpc) is 2.70. The molecule has 1 N–H and O–H groups in total. The van der Waals surface area contributed by atoms with E-state index in [0.29, 0.717) is 13.1 Å². The minimum atomic E-state index is -0.279. The van der Waals surface area contributed by atoms with Gasteiger partial charge in [-0.3, -0.25) is 9.59 Å². The summed E-state index contributed by atoms with van der Waals surface area (Å²) in [4.78, 5) is 27.6. The molecule has 1 aromatic heterocycles. The maximum atomic E-state index is 12.6. The van der Waals surface area contributed by atoms with Crippen LogP contribution in [0.25, 0.3) is 0 Å². The van der Waals surface area contributed by atoms with Crippen LogP contribution in [0.5, 0.6) is 0 Å². The van der Waals surface area contributed by atoms with E-state index in [2.05, 4.69) is 17.1 Å². The summed E-state index contributed by atoms with van der Waals surface area (Å²) in [5.74, 6) is 0.517. The fourth-order valence-corrected chi connectivity index (χ4v) is 3.86. The molecule has 28 heavy (non-hydrogen) atoms. The molecule has 0 bridgehead atoms. The molecule has 1 fully saturated rings. The third-order valence-electron chi connectivity index (χ3n) is 5.39. The number of nitrogens with zero attached hydrogens (tertiary/aromatic N) is 2. The van der Waals surface area contributed by atoms with Crippen LogP contribution in [-0.2, 0) is 6.54 Å². The first-order chi connectivity index (χ1) is 13.6. The van der Waals surface area contributed by atoms with Crippen LogP contribution in [0.2, 0.25) is 0 Å². The minimum absolute atomic E-state index is 0.211. The highest BCUT2D eigenvalue weighted by Crippen LogP contribution is 2.15. The first-order valence-corrected chi connectivity index (χ1v) is 10.4. The number of hydrogen-bond donors (Lipinski definition) is 1. The Morgan fingerprint density at radius 2 is 1.96 bits per heavy atom. The number of carbonyl (C=O) groups excluding carboxylic acids is 1. The fraction of sp³-hybridized carbons (Fsp3) is 0.478. The van der Waals surface area contributed by atoms with Crippen molar-refractivity contribution in [2.75, 3.05) is 26.2 Å². The third-order valence-corrected chi connectivity index (χ3v) is 5.39. The topological polar surface area (TPSA) is 54.3 Å². The summed E-state index contributed by atoms with van der Waals surface area (Å²) in [7, 11) is 0. The van der Waals surface area contributed by atoms with Gasteiger partial charge in [-0.1, -0.05) is 37.3 Å². The molecular formula is C23H31N3O2. The van der Waals surface area contributed by atoms with E-state index in [1.54, 1.807) is 22.9 Å². The number of unbranched alkanes of at least 4 members (excludes halogenated alkanes) is 1. The fourth-order valence-electron chi connectivity index (χ4n) is 3.86. The molecule has 3 rings (SSSR count). The molecule has 1 unspecified atom stereocenters. The quantitative estimate of drug-likeness (QED) is 0.715. The van der Waals surface area contributed by atoms with Gasteiger partial charge >= 0.3 is 0 Å². The molecule has 0 radical (unpaired) electrons. The standard InChI is InChI=1S/C23H31N3O2/c1-19-9-7-15-25(17-19)14-6-5-13-24-22(27)21-12-8-16-26(23(21)28)18-20-10-3-2-4-11-20/h2-4,8,10-12,16,19H,5-7,9,13-15,17-18H2,1H3,(H,24,27). The predicted octanol–water partition coefficient (Wildman–Crippen LogP) is 3.14. The van der Waals surface area contributed by atoms with E-state index in [0.717, 1.165) is 30.9 Å². The van der Waals surface area contributed by atoms with E-state index in [1.165, 1.54) is 25.9 Å². The van der Waals surface area contributed by atoms with Gasteiger partial charge in [0.1, 0.15) is 5.56 Å². The second kappa shape index (κ2) is 10.2. The van der Waals surface area contributed by atoms with Crippen LogP contribution in [0, 0.1) is 5.92 Å². The Kier molecular flexibility index (Phi) is 7.43. The van der Waals surface area contributed by atoms with E-state index in [4.69, 9.17) is 0 Å². The largest absolute Gasteiger partial charge is 0.352 e. The van der Waals surface area contributed by atoms with Gasteiger partial charge in [-0.25, -0.2) is 0 Å². The number of rotatable bonds is 8. The molecule has 0 spiro atoms. The number of likely N-dealkylation sites (tertiary alicyclic amines) is 1. The lowest BCUT2D eigenvalue weighted by molar-refractivity contribution is 0.0950. The number of piperidine rings is 1. The Hall–Kier alpha value is -2.40. The third kappa shape index (κ3) is 5.80. The zero-order valence-corrected chi connectivity index (χ0v) is 16.8. The van der Waals surface area contributed by atoms with Gasteiger partial charge < -0.3 is 14.8 Å². The normalized spacial score (nSPS) is 17.4. The van der Waals surface area contributed by atoms with Gasteiger partial charge in [-0.05, 0) is 62.4 Å². The first-order valence-electron chi connectivity index (χ1n) is 10.4. The highest BCUT2D eigenvalue weighted by atomic mass is 16.2. The van der Waals surface area contributed by atoms with Crippen LogP contribution in [0.3, 0.4) is 0 Å². The molecule has 1 saturated heterocycles. The summed E-state index contributed by atoms with van der Waals surface area (Å²) in [6.07, 6.45) is 6.36. The summed E-state index contributed by atoms with van der Waals surface area (Å²) in [6, 6.07) is 13.2. The lowest BCUT2D eigenvalue weighted by Crippen LogP contribution is -2.36. The van der Waals surface area contributed by atoms with Crippen molar-refractivity contribution in [1.29, 1.82) is 0 Å². The van der Waals surface area contributed by atoms with Crippen molar-refractivity contribution in [3.8, 4) is 0 Å². The lowest BCUT2D eigenvalue weighted by atomic mass is 10.0. The van der Waals surface area contributed by atoms with Crippen LogP contribution in [0.4, 0.5) is 0 Å². The second-order valence-electron chi connectivity index (χ2n) is 7.85. The number of aromatic nitrogens is 1. The zero-order valence-electron chi connectivity index (χ0n) is 16.8. The number of amides is 1. The van der Waals surface area contributed by atoms with Crippen LogP contribution in [0.1, 0.15) is 48.5 Å². The number of nitrogens with one attached hydrogen (secondary N) is 1. The van der Waals surface area contributed by atoms with Gasteiger partial charge in [0.2, 0.25) is 0 Å². The lowest BCUT2D eigenvalue weighted by Gasteiger charge is -2.30. The van der Waals surface area contributed by atoms with Crippen molar-refractivity contribution in [1.82, 2.24) is 14.8 Å². The van der Waals surface area contributed by atoms with Crippen LogP contribution < -0.4 is 10.9 Å². The smallest absolute Gasteiger partial charge is 0.263 e. The van der Waals surface area contributed by atoms with Crippen LogP contribution >= 0.6 is 0 Å². The molecule has 1 aromatic carbocycles. The summed E-state index contributed by atoms with van der Waals surface area (Å²) in [6.45, 7) is 6.87. The van der Waals surface area contributed by atoms with Crippen molar-refractivity contribution in [2.45, 2.75) is 39.2 Å². The van der Waals surface area contributed by atoms with E-state index in [9.17, 15) is 9.59 Å². The molecule has 1 aliphatic heterocycles. The summed E-state index contributed by atoms with van der Waals surface area (Å²) >= 11 is 0. The van der Waals surface area contributed by atoms with Crippen LogP contribution in [-0.4, -0.2) is 41.6 Å². The SMILES string of the molecule is CC1CCCN(CCCCNC(=O)c2cccn(Cc3ccccc3)c2=O)C1. The van der Waals surface area contributed by atoms with Gasteiger partial charge in [-0.2, -0.15) is 0 Å². The van der Waals surface area contributed by atoms with E-state index < -0.39 is 0 Å². The van der Waals surface area contributed by atoms with Gasteiger partial charge in [0, 0.05) is 19.3 Å². The highest BCUT2D eigenvalue weighted by molar-refractivity contribution is 5.93. The molecule has 0 aliphatic carbocycles. The van der Waals surface area contributed by atoms with Gasteiger partial charge in [0.25, 0.3) is 11.5 Å². The Morgan fingerprint density at radius 3 is 2.75 bits per heavy atom. The van der Waals surface area contributed by atoms with Crippen molar-refractivity contribution < 1.29 is 4.79 Å². The Balaban J connectivity index is 1.46. The Morgan fingerprint density at radius 1 is 1.14 bits per heavy atom.